The molecule has 1 unspecified atom stereocenters. The Morgan fingerprint density at radius 1 is 0.579 bits per heavy atom. The zero-order valence-corrected chi connectivity index (χ0v) is 22.5. The quantitative estimate of drug-likeness (QED) is 0.594. The molecule has 208 valence electrons. The van der Waals surface area contributed by atoms with Crippen molar-refractivity contribution < 1.29 is 33.5 Å². The highest BCUT2D eigenvalue weighted by Gasteiger charge is 2.26. The molecule has 5 rings (SSSR count). The zero-order chi connectivity index (χ0) is 26.0. The van der Waals surface area contributed by atoms with Crippen molar-refractivity contribution in [3.8, 4) is 22.6 Å². The van der Waals surface area contributed by atoms with E-state index in [0.29, 0.717) is 59.5 Å². The second-order valence-corrected chi connectivity index (χ2v) is 10.2. The van der Waals surface area contributed by atoms with Gasteiger partial charge < -0.3 is 33.5 Å². The normalized spacial score (nSPS) is 22.0. The highest BCUT2D eigenvalue weighted by Crippen LogP contribution is 2.46. The van der Waals surface area contributed by atoms with Crippen molar-refractivity contribution in [1.82, 2.24) is 0 Å². The molecule has 0 amide bonds. The summed E-state index contributed by atoms with van der Waals surface area (Å²) in [4.78, 5) is 0. The number of ether oxygens (including phenoxy) is 6. The monoisotopic (exact) mass is 526 g/mol. The number of benzene rings is 2. The summed E-state index contributed by atoms with van der Waals surface area (Å²) in [5.41, 5.74) is 8.14. The van der Waals surface area contributed by atoms with Crippen LogP contribution in [0.1, 0.15) is 47.9 Å². The van der Waals surface area contributed by atoms with Crippen LogP contribution in [0.3, 0.4) is 0 Å². The Balaban J connectivity index is 1.45. The van der Waals surface area contributed by atoms with Gasteiger partial charge >= 0.3 is 0 Å². The Kier molecular flexibility index (Phi) is 10.3. The summed E-state index contributed by atoms with van der Waals surface area (Å²) < 4.78 is 35.7. The molecular weight excluding hydrogens is 484 g/mol. The van der Waals surface area contributed by atoms with Crippen molar-refractivity contribution in [1.29, 1.82) is 0 Å². The number of hydrogen-bond donors (Lipinski definition) is 1. The van der Waals surface area contributed by atoms with E-state index >= 15 is 0 Å². The topological polar surface area (TPSA) is 75.6 Å². The number of hydrogen-bond acceptors (Lipinski definition) is 7. The van der Waals surface area contributed by atoms with E-state index in [1.54, 1.807) is 0 Å². The van der Waals surface area contributed by atoms with Crippen molar-refractivity contribution in [3.05, 3.63) is 46.5 Å². The summed E-state index contributed by atoms with van der Waals surface area (Å²) in [7, 11) is 0. The minimum absolute atomic E-state index is 0.0952. The van der Waals surface area contributed by atoms with E-state index in [1.807, 2.05) is 0 Å². The molecule has 0 saturated carbocycles. The van der Waals surface area contributed by atoms with Crippen LogP contribution in [0, 0.1) is 0 Å². The molecule has 0 aromatic heterocycles. The first kappa shape index (κ1) is 27.4. The maximum absolute atomic E-state index is 9.52. The number of rotatable bonds is 1. The van der Waals surface area contributed by atoms with E-state index in [4.69, 9.17) is 28.4 Å². The van der Waals surface area contributed by atoms with Gasteiger partial charge in [0.15, 0.2) is 0 Å². The summed E-state index contributed by atoms with van der Waals surface area (Å²) in [5, 5.41) is 9.52. The van der Waals surface area contributed by atoms with Gasteiger partial charge in [0.1, 0.15) is 30.8 Å². The molecule has 0 fully saturated rings. The molecule has 3 aliphatic rings. The second-order valence-electron chi connectivity index (χ2n) is 10.2. The third kappa shape index (κ3) is 6.88. The molecule has 1 heterocycles. The Hall–Kier alpha value is -2.16. The Labute approximate surface area is 226 Å². The number of aliphatic hydroxyl groups excluding tert-OH is 1. The molecule has 1 N–H and O–H groups in total. The fraction of sp³-hybridized carbons (Fsp3) is 0.613. The van der Waals surface area contributed by atoms with E-state index in [1.165, 1.54) is 59.1 Å². The summed E-state index contributed by atoms with van der Waals surface area (Å²) in [5.74, 6) is 1.83. The largest absolute Gasteiger partial charge is 0.491 e. The van der Waals surface area contributed by atoms with Crippen LogP contribution < -0.4 is 9.47 Å². The van der Waals surface area contributed by atoms with Crippen LogP contribution in [0.2, 0.25) is 0 Å². The molecule has 7 nitrogen and oxygen atoms in total. The van der Waals surface area contributed by atoms with Crippen LogP contribution in [-0.2, 0) is 44.6 Å². The van der Waals surface area contributed by atoms with Crippen molar-refractivity contribution in [3.63, 3.8) is 0 Å². The minimum Gasteiger partial charge on any atom is -0.491 e. The first-order chi connectivity index (χ1) is 18.8. The molecule has 1 aliphatic heterocycles. The van der Waals surface area contributed by atoms with E-state index < -0.39 is 0 Å². The van der Waals surface area contributed by atoms with E-state index in [9.17, 15) is 5.11 Å². The van der Waals surface area contributed by atoms with Crippen LogP contribution in [0.25, 0.3) is 11.1 Å². The predicted octanol–water partition coefficient (Wildman–Crippen LogP) is 4.31. The molecule has 2 aromatic rings. The molecular formula is C31H42O7. The summed E-state index contributed by atoms with van der Waals surface area (Å²) in [6, 6.07) is 8.81. The Morgan fingerprint density at radius 2 is 1.08 bits per heavy atom. The molecule has 0 radical (unpaired) electrons. The average Bonchev–Trinajstić information content (AvgIpc) is 2.96. The third-order valence-electron chi connectivity index (χ3n) is 7.67. The first-order valence-electron chi connectivity index (χ1n) is 14.4. The minimum atomic E-state index is -0.371. The van der Waals surface area contributed by atoms with E-state index in [2.05, 4.69) is 24.3 Å². The highest BCUT2D eigenvalue weighted by atomic mass is 16.6. The molecule has 0 spiro atoms. The molecule has 2 aromatic carbocycles. The van der Waals surface area contributed by atoms with Crippen molar-refractivity contribution in [2.24, 2.45) is 0 Å². The second kappa shape index (κ2) is 14.3. The molecule has 2 aliphatic carbocycles. The van der Waals surface area contributed by atoms with Gasteiger partial charge in [0, 0.05) is 11.1 Å². The van der Waals surface area contributed by atoms with Gasteiger partial charge in [0.2, 0.25) is 0 Å². The molecule has 38 heavy (non-hydrogen) atoms. The maximum atomic E-state index is 9.52. The van der Waals surface area contributed by atoms with Crippen LogP contribution in [-0.4, -0.2) is 77.3 Å². The SMILES string of the molecule is OCC1COCCOCCOc2ccc3c(c2-c2c(ccc4c2CCCC4)OCCOCCO1)CCCC3. The lowest BCUT2D eigenvalue weighted by atomic mass is 9.80. The lowest BCUT2D eigenvalue weighted by molar-refractivity contribution is -0.0673. The summed E-state index contributed by atoms with van der Waals surface area (Å²) in [6.45, 7) is 3.83. The van der Waals surface area contributed by atoms with Crippen LogP contribution in [0.5, 0.6) is 11.5 Å². The van der Waals surface area contributed by atoms with Crippen molar-refractivity contribution in [2.75, 3.05) is 66.1 Å². The van der Waals surface area contributed by atoms with Gasteiger partial charge in [-0.15, -0.1) is 0 Å². The van der Waals surface area contributed by atoms with Gasteiger partial charge in [-0.05, 0) is 85.8 Å². The van der Waals surface area contributed by atoms with Crippen LogP contribution >= 0.6 is 0 Å². The lowest BCUT2D eigenvalue weighted by Gasteiger charge is -2.28. The highest BCUT2D eigenvalue weighted by molar-refractivity contribution is 5.83. The number of aryl methyl sites for hydroxylation is 2. The first-order valence-corrected chi connectivity index (χ1v) is 14.4. The molecule has 1 atom stereocenters. The Bertz CT molecular complexity index is 1040. The van der Waals surface area contributed by atoms with Crippen molar-refractivity contribution in [2.45, 2.75) is 57.5 Å². The average molecular weight is 527 g/mol. The number of fused-ring (bicyclic) bond motifs is 7. The van der Waals surface area contributed by atoms with Gasteiger partial charge in [-0.2, -0.15) is 0 Å². The third-order valence-corrected chi connectivity index (χ3v) is 7.67. The maximum Gasteiger partial charge on any atom is 0.127 e. The predicted molar refractivity (Wildman–Crippen MR) is 145 cm³/mol. The van der Waals surface area contributed by atoms with Gasteiger partial charge in [0.05, 0.1) is 52.9 Å². The standard InChI is InChI=1S/C31H42O7/c32-21-25-22-35-14-13-33-16-19-37-28-11-9-23-5-1-3-7-26(23)30(28)31-27-8-4-2-6-24(27)10-12-29(31)38-20-17-34-15-18-36-25/h9-12,25,32H,1-8,13-22H2. The lowest BCUT2D eigenvalue weighted by Crippen LogP contribution is -2.27. The van der Waals surface area contributed by atoms with E-state index in [-0.39, 0.29) is 12.7 Å². The van der Waals surface area contributed by atoms with E-state index in [0.717, 1.165) is 37.2 Å². The van der Waals surface area contributed by atoms with Crippen LogP contribution in [0.15, 0.2) is 24.3 Å². The number of aliphatic hydroxyl groups is 1. The molecule has 7 heteroatoms. The fourth-order valence-corrected chi connectivity index (χ4v) is 5.79. The molecule has 0 bridgehead atoms. The molecule has 0 saturated heterocycles. The van der Waals surface area contributed by atoms with Crippen molar-refractivity contribution >= 4 is 0 Å². The summed E-state index contributed by atoms with van der Waals surface area (Å²) in [6.07, 6.45) is 8.85. The van der Waals surface area contributed by atoms with Gasteiger partial charge in [-0.3, -0.25) is 0 Å². The van der Waals surface area contributed by atoms with Gasteiger partial charge in [0.25, 0.3) is 0 Å². The Morgan fingerprint density at radius 3 is 1.66 bits per heavy atom. The smallest absolute Gasteiger partial charge is 0.127 e. The van der Waals surface area contributed by atoms with Crippen LogP contribution in [0.4, 0.5) is 0 Å². The summed E-state index contributed by atoms with van der Waals surface area (Å²) >= 11 is 0. The van der Waals surface area contributed by atoms with Gasteiger partial charge in [-0.25, -0.2) is 0 Å². The zero-order valence-electron chi connectivity index (χ0n) is 22.5. The fourth-order valence-electron chi connectivity index (χ4n) is 5.79. The van der Waals surface area contributed by atoms with Gasteiger partial charge in [-0.1, -0.05) is 12.1 Å².